The lowest BCUT2D eigenvalue weighted by Crippen LogP contribution is -2.37. The number of amides is 1. The van der Waals surface area contributed by atoms with Crippen LogP contribution in [0.1, 0.15) is 38.8 Å². The SMILES string of the molecule is CCN(C(=O)OC(C)(C)C)c1cnc(N(Cc2ccccc2)Cc2ccccc2)c([N+](=O)[O-])c1. The van der Waals surface area contributed by atoms with Crippen molar-refractivity contribution < 1.29 is 14.5 Å². The first-order valence-corrected chi connectivity index (χ1v) is 11.2. The first kappa shape index (κ1) is 24.7. The molecule has 0 fully saturated rings. The van der Waals surface area contributed by atoms with E-state index in [1.807, 2.05) is 65.6 Å². The molecule has 0 saturated heterocycles. The minimum absolute atomic E-state index is 0.175. The number of benzene rings is 2. The lowest BCUT2D eigenvalue weighted by atomic mass is 10.1. The molecule has 0 spiro atoms. The predicted molar refractivity (Wildman–Crippen MR) is 133 cm³/mol. The second kappa shape index (κ2) is 10.8. The number of nitro groups is 1. The number of carbonyl (C=O) groups excluding carboxylic acids is 1. The molecule has 0 radical (unpaired) electrons. The molecule has 1 heterocycles. The van der Waals surface area contributed by atoms with E-state index in [0.29, 0.717) is 18.8 Å². The summed E-state index contributed by atoms with van der Waals surface area (Å²) < 4.78 is 5.46. The van der Waals surface area contributed by atoms with E-state index in [-0.39, 0.29) is 18.1 Å². The van der Waals surface area contributed by atoms with Gasteiger partial charge in [-0.25, -0.2) is 9.78 Å². The van der Waals surface area contributed by atoms with Gasteiger partial charge in [-0.1, -0.05) is 60.7 Å². The Balaban J connectivity index is 2.01. The number of hydrogen-bond donors (Lipinski definition) is 0. The highest BCUT2D eigenvalue weighted by molar-refractivity contribution is 5.88. The van der Waals surface area contributed by atoms with Gasteiger partial charge < -0.3 is 9.64 Å². The van der Waals surface area contributed by atoms with Crippen LogP contribution < -0.4 is 9.80 Å². The molecule has 0 N–H and O–H groups in total. The van der Waals surface area contributed by atoms with E-state index in [1.165, 1.54) is 17.2 Å². The van der Waals surface area contributed by atoms with Crippen LogP contribution in [0.25, 0.3) is 0 Å². The molecule has 8 nitrogen and oxygen atoms in total. The van der Waals surface area contributed by atoms with Crippen molar-refractivity contribution in [1.29, 1.82) is 0 Å². The molecule has 0 saturated carbocycles. The maximum Gasteiger partial charge on any atom is 0.414 e. The van der Waals surface area contributed by atoms with Crippen molar-refractivity contribution in [3.63, 3.8) is 0 Å². The standard InChI is InChI=1S/C26H30N4O4/c1-5-29(25(31)34-26(2,3)4)22-16-23(30(32)33)24(27-17-22)28(18-20-12-8-6-9-13-20)19-21-14-10-7-11-15-21/h6-17H,5,18-19H2,1-4H3. The van der Waals surface area contributed by atoms with Crippen molar-refractivity contribution in [3.05, 3.63) is 94.2 Å². The number of ether oxygens (including phenoxy) is 1. The molecule has 0 bridgehead atoms. The van der Waals surface area contributed by atoms with Gasteiger partial charge in [0.15, 0.2) is 0 Å². The summed E-state index contributed by atoms with van der Waals surface area (Å²) in [5.74, 6) is 0.238. The second-order valence-electron chi connectivity index (χ2n) is 8.85. The normalized spacial score (nSPS) is 11.1. The summed E-state index contributed by atoms with van der Waals surface area (Å²) in [6.45, 7) is 8.25. The Bertz CT molecular complexity index is 1070. The highest BCUT2D eigenvalue weighted by Crippen LogP contribution is 2.32. The molecule has 0 aliphatic heterocycles. The largest absolute Gasteiger partial charge is 0.443 e. The van der Waals surface area contributed by atoms with Crippen LogP contribution in [-0.4, -0.2) is 28.1 Å². The third-order valence-electron chi connectivity index (χ3n) is 5.00. The van der Waals surface area contributed by atoms with E-state index in [0.717, 1.165) is 11.1 Å². The zero-order chi connectivity index (χ0) is 24.7. The molecule has 0 unspecified atom stereocenters. The topological polar surface area (TPSA) is 88.8 Å². The summed E-state index contributed by atoms with van der Waals surface area (Å²) in [7, 11) is 0. The highest BCUT2D eigenvalue weighted by atomic mass is 16.6. The van der Waals surface area contributed by atoms with Gasteiger partial charge in [-0.2, -0.15) is 0 Å². The zero-order valence-corrected chi connectivity index (χ0v) is 20.0. The van der Waals surface area contributed by atoms with E-state index in [1.54, 1.807) is 27.7 Å². The Morgan fingerprint density at radius 1 is 1.00 bits per heavy atom. The molecule has 0 aliphatic carbocycles. The van der Waals surface area contributed by atoms with Gasteiger partial charge in [0.25, 0.3) is 0 Å². The summed E-state index contributed by atoms with van der Waals surface area (Å²) in [5.41, 5.74) is 1.45. The summed E-state index contributed by atoms with van der Waals surface area (Å²) in [5, 5.41) is 12.1. The maximum absolute atomic E-state index is 12.7. The van der Waals surface area contributed by atoms with Gasteiger partial charge in [0, 0.05) is 25.7 Å². The Morgan fingerprint density at radius 2 is 1.53 bits per heavy atom. The van der Waals surface area contributed by atoms with Crippen LogP contribution in [-0.2, 0) is 17.8 Å². The van der Waals surface area contributed by atoms with Crippen molar-refractivity contribution in [3.8, 4) is 0 Å². The van der Waals surface area contributed by atoms with Crippen LogP contribution in [0.15, 0.2) is 72.9 Å². The molecular formula is C26H30N4O4. The summed E-state index contributed by atoms with van der Waals surface area (Å²) >= 11 is 0. The monoisotopic (exact) mass is 462 g/mol. The molecule has 0 aliphatic rings. The second-order valence-corrected chi connectivity index (χ2v) is 8.85. The van der Waals surface area contributed by atoms with Gasteiger partial charge in [-0.3, -0.25) is 15.0 Å². The van der Waals surface area contributed by atoms with Crippen molar-refractivity contribution in [2.75, 3.05) is 16.3 Å². The number of pyridine rings is 1. The number of anilines is 2. The molecule has 34 heavy (non-hydrogen) atoms. The predicted octanol–water partition coefficient (Wildman–Crippen LogP) is 5.96. The number of rotatable bonds is 8. The third-order valence-corrected chi connectivity index (χ3v) is 5.00. The Hall–Kier alpha value is -3.94. The van der Waals surface area contributed by atoms with Crippen molar-refractivity contribution in [2.45, 2.75) is 46.4 Å². The summed E-state index contributed by atoms with van der Waals surface area (Å²) in [6, 6.07) is 20.9. The fourth-order valence-electron chi connectivity index (χ4n) is 3.51. The van der Waals surface area contributed by atoms with E-state index >= 15 is 0 Å². The fraction of sp³-hybridized carbons (Fsp3) is 0.308. The zero-order valence-electron chi connectivity index (χ0n) is 20.0. The molecule has 3 aromatic rings. The number of aromatic nitrogens is 1. The van der Waals surface area contributed by atoms with Crippen LogP contribution in [0, 0.1) is 10.1 Å². The number of nitrogens with zero attached hydrogens (tertiary/aromatic N) is 4. The van der Waals surface area contributed by atoms with Crippen molar-refractivity contribution in [1.82, 2.24) is 4.98 Å². The van der Waals surface area contributed by atoms with Crippen LogP contribution in [0.3, 0.4) is 0 Å². The van der Waals surface area contributed by atoms with Gasteiger partial charge in [-0.15, -0.1) is 0 Å². The summed E-state index contributed by atoms with van der Waals surface area (Å²) in [4.78, 5) is 32.0. The minimum atomic E-state index is -0.689. The van der Waals surface area contributed by atoms with Gasteiger partial charge in [0.05, 0.1) is 16.8 Å². The highest BCUT2D eigenvalue weighted by Gasteiger charge is 2.27. The Morgan fingerprint density at radius 3 is 1.97 bits per heavy atom. The lowest BCUT2D eigenvalue weighted by Gasteiger charge is -2.27. The fourth-order valence-corrected chi connectivity index (χ4v) is 3.51. The number of carbonyl (C=O) groups is 1. The molecule has 0 atom stereocenters. The average Bonchev–Trinajstić information content (AvgIpc) is 2.79. The Kier molecular flexibility index (Phi) is 7.83. The van der Waals surface area contributed by atoms with E-state index in [4.69, 9.17) is 4.74 Å². The van der Waals surface area contributed by atoms with Crippen LogP contribution in [0.2, 0.25) is 0 Å². The van der Waals surface area contributed by atoms with Gasteiger partial charge in [0.1, 0.15) is 5.60 Å². The third kappa shape index (κ3) is 6.54. The Labute approximate surface area is 199 Å². The minimum Gasteiger partial charge on any atom is -0.443 e. The average molecular weight is 463 g/mol. The molecule has 1 aromatic heterocycles. The first-order valence-electron chi connectivity index (χ1n) is 11.2. The van der Waals surface area contributed by atoms with Gasteiger partial charge in [0.2, 0.25) is 5.82 Å². The van der Waals surface area contributed by atoms with Gasteiger partial charge >= 0.3 is 11.8 Å². The number of hydrogen-bond acceptors (Lipinski definition) is 6. The van der Waals surface area contributed by atoms with E-state index in [2.05, 4.69) is 4.98 Å². The molecule has 178 valence electrons. The smallest absolute Gasteiger partial charge is 0.414 e. The van der Waals surface area contributed by atoms with Crippen LogP contribution >= 0.6 is 0 Å². The molecule has 2 aromatic carbocycles. The van der Waals surface area contributed by atoms with Crippen LogP contribution in [0.4, 0.5) is 22.0 Å². The maximum atomic E-state index is 12.7. The molecular weight excluding hydrogens is 432 g/mol. The van der Waals surface area contributed by atoms with Gasteiger partial charge in [-0.05, 0) is 38.8 Å². The summed E-state index contributed by atoms with van der Waals surface area (Å²) in [6.07, 6.45) is 0.905. The van der Waals surface area contributed by atoms with Crippen molar-refractivity contribution >= 4 is 23.3 Å². The first-order chi connectivity index (χ1) is 16.2. The molecule has 8 heteroatoms. The molecule has 3 rings (SSSR count). The lowest BCUT2D eigenvalue weighted by molar-refractivity contribution is -0.384. The van der Waals surface area contributed by atoms with Crippen molar-refractivity contribution in [2.24, 2.45) is 0 Å². The quantitative estimate of drug-likeness (QED) is 0.303. The van der Waals surface area contributed by atoms with E-state index < -0.39 is 16.6 Å². The molecule has 1 amide bonds. The van der Waals surface area contributed by atoms with Crippen LogP contribution in [0.5, 0.6) is 0 Å². The van der Waals surface area contributed by atoms with E-state index in [9.17, 15) is 14.9 Å².